The van der Waals surface area contributed by atoms with Crippen LogP contribution in [-0.2, 0) is 0 Å². The Morgan fingerprint density at radius 3 is 2.79 bits per heavy atom. The maximum absolute atomic E-state index is 6.02. The summed E-state index contributed by atoms with van der Waals surface area (Å²) in [6, 6.07) is 8.20. The molecule has 4 heteroatoms. The Morgan fingerprint density at radius 2 is 2.21 bits per heavy atom. The van der Waals surface area contributed by atoms with Crippen molar-refractivity contribution in [3.05, 3.63) is 29.3 Å². The third kappa shape index (κ3) is 3.50. The summed E-state index contributed by atoms with van der Waals surface area (Å²) in [6.07, 6.45) is 1.02. The molecule has 0 amide bonds. The van der Waals surface area contributed by atoms with E-state index in [1.54, 1.807) is 11.8 Å². The second kappa shape index (κ2) is 6.30. The van der Waals surface area contributed by atoms with Crippen LogP contribution in [0.2, 0.25) is 5.02 Å². The molecule has 78 valence electrons. The highest BCUT2D eigenvalue weighted by Crippen LogP contribution is 2.27. The van der Waals surface area contributed by atoms with Crippen LogP contribution in [0, 0.1) is 0 Å². The number of thioether (sulfide) groups is 1. The zero-order valence-electron chi connectivity index (χ0n) is 8.16. The lowest BCUT2D eigenvalue weighted by Gasteiger charge is -2.12. The Balaban J connectivity index is 2.49. The van der Waals surface area contributed by atoms with Crippen molar-refractivity contribution in [2.24, 2.45) is 5.84 Å². The second-order valence-corrected chi connectivity index (χ2v) is 4.48. The summed E-state index contributed by atoms with van der Waals surface area (Å²) >= 11 is 7.75. The molecule has 0 aliphatic carbocycles. The fraction of sp³-hybridized carbons (Fsp3) is 0.400. The number of benzene rings is 1. The molecule has 0 radical (unpaired) electrons. The molecule has 2 nitrogen and oxygen atoms in total. The van der Waals surface area contributed by atoms with Crippen LogP contribution in [-0.4, -0.2) is 11.8 Å². The van der Waals surface area contributed by atoms with Crippen molar-refractivity contribution in [1.29, 1.82) is 0 Å². The summed E-state index contributed by atoms with van der Waals surface area (Å²) in [5.41, 5.74) is 2.78. The molecule has 3 N–H and O–H groups in total. The molecule has 0 bridgehead atoms. The van der Waals surface area contributed by atoms with Gasteiger partial charge < -0.3 is 0 Å². The van der Waals surface area contributed by atoms with E-state index in [-0.39, 0.29) is 0 Å². The number of hydrogen-bond acceptors (Lipinski definition) is 3. The maximum atomic E-state index is 6.02. The normalized spacial score (nSPS) is 12.8. The number of halogens is 1. The van der Waals surface area contributed by atoms with E-state index in [1.807, 2.05) is 24.3 Å². The fourth-order valence-corrected chi connectivity index (χ4v) is 2.43. The quantitative estimate of drug-likeness (QED) is 0.464. The molecule has 0 aliphatic rings. The summed E-state index contributed by atoms with van der Waals surface area (Å²) in [4.78, 5) is 1.11. The molecule has 0 spiro atoms. The lowest BCUT2D eigenvalue weighted by Crippen LogP contribution is -2.36. The van der Waals surface area contributed by atoms with Gasteiger partial charge in [0.2, 0.25) is 0 Å². The van der Waals surface area contributed by atoms with Crippen LogP contribution in [0.25, 0.3) is 0 Å². The first-order chi connectivity index (χ1) is 6.77. The third-order valence-corrected chi connectivity index (χ3v) is 3.68. The number of rotatable bonds is 5. The van der Waals surface area contributed by atoms with Crippen molar-refractivity contribution < 1.29 is 0 Å². The summed E-state index contributed by atoms with van der Waals surface area (Å²) in [6.45, 7) is 2.11. The van der Waals surface area contributed by atoms with Gasteiger partial charge in [-0.1, -0.05) is 30.7 Å². The van der Waals surface area contributed by atoms with Crippen LogP contribution in [0.1, 0.15) is 13.3 Å². The van der Waals surface area contributed by atoms with Gasteiger partial charge >= 0.3 is 0 Å². The Labute approximate surface area is 94.2 Å². The molecule has 1 rings (SSSR count). The first-order valence-corrected chi connectivity index (χ1v) is 5.97. The minimum absolute atomic E-state index is 0.344. The highest BCUT2D eigenvalue weighted by molar-refractivity contribution is 7.99. The summed E-state index contributed by atoms with van der Waals surface area (Å²) in [5.74, 6) is 6.33. The predicted octanol–water partition coefficient (Wildman–Crippen LogP) is 2.67. The van der Waals surface area contributed by atoms with Crippen molar-refractivity contribution in [1.82, 2.24) is 5.43 Å². The summed E-state index contributed by atoms with van der Waals surface area (Å²) < 4.78 is 0. The van der Waals surface area contributed by atoms with Gasteiger partial charge in [0.05, 0.1) is 5.02 Å². The van der Waals surface area contributed by atoms with Crippen LogP contribution in [0.4, 0.5) is 0 Å². The number of hydrazine groups is 1. The Hall–Kier alpha value is -0.220. The van der Waals surface area contributed by atoms with Crippen molar-refractivity contribution in [3.63, 3.8) is 0 Å². The molecular formula is C10H15ClN2S. The zero-order chi connectivity index (χ0) is 10.4. The highest BCUT2D eigenvalue weighted by Gasteiger charge is 2.05. The van der Waals surface area contributed by atoms with Gasteiger partial charge in [0.1, 0.15) is 0 Å². The van der Waals surface area contributed by atoms with E-state index >= 15 is 0 Å². The Morgan fingerprint density at radius 1 is 1.50 bits per heavy atom. The van der Waals surface area contributed by atoms with E-state index in [4.69, 9.17) is 17.4 Å². The van der Waals surface area contributed by atoms with Crippen LogP contribution < -0.4 is 11.3 Å². The molecule has 14 heavy (non-hydrogen) atoms. The molecule has 0 aliphatic heterocycles. The minimum Gasteiger partial charge on any atom is -0.271 e. The monoisotopic (exact) mass is 230 g/mol. The van der Waals surface area contributed by atoms with Gasteiger partial charge in [0, 0.05) is 16.7 Å². The van der Waals surface area contributed by atoms with Gasteiger partial charge in [-0.25, -0.2) is 0 Å². The minimum atomic E-state index is 0.344. The molecule has 0 fully saturated rings. The lowest BCUT2D eigenvalue weighted by atomic mass is 10.3. The van der Waals surface area contributed by atoms with E-state index in [2.05, 4.69) is 12.3 Å². The SMILES string of the molecule is CCC(CSc1ccccc1Cl)NN. The maximum Gasteiger partial charge on any atom is 0.0541 e. The van der Waals surface area contributed by atoms with Gasteiger partial charge in [0.25, 0.3) is 0 Å². The molecule has 1 aromatic rings. The predicted molar refractivity (Wildman–Crippen MR) is 63.6 cm³/mol. The van der Waals surface area contributed by atoms with Gasteiger partial charge in [0.15, 0.2) is 0 Å². The summed E-state index contributed by atoms with van der Waals surface area (Å²) in [5, 5.41) is 0.810. The first kappa shape index (κ1) is 11.9. The molecule has 0 saturated carbocycles. The van der Waals surface area contributed by atoms with Crippen LogP contribution >= 0.6 is 23.4 Å². The van der Waals surface area contributed by atoms with Crippen molar-refractivity contribution in [2.75, 3.05) is 5.75 Å². The third-order valence-electron chi connectivity index (χ3n) is 2.01. The average molecular weight is 231 g/mol. The zero-order valence-corrected chi connectivity index (χ0v) is 9.74. The van der Waals surface area contributed by atoms with E-state index in [0.717, 1.165) is 22.1 Å². The van der Waals surface area contributed by atoms with E-state index in [9.17, 15) is 0 Å². The average Bonchev–Trinajstić information content (AvgIpc) is 2.22. The number of hydrogen-bond donors (Lipinski definition) is 2. The topological polar surface area (TPSA) is 38.0 Å². The standard InChI is InChI=1S/C10H15ClN2S/c1-2-8(13-12)7-14-10-6-4-3-5-9(10)11/h3-6,8,13H,2,7,12H2,1H3. The van der Waals surface area contributed by atoms with E-state index in [1.165, 1.54) is 0 Å². The van der Waals surface area contributed by atoms with E-state index in [0.29, 0.717) is 6.04 Å². The smallest absolute Gasteiger partial charge is 0.0541 e. The largest absolute Gasteiger partial charge is 0.271 e. The van der Waals surface area contributed by atoms with Gasteiger partial charge in [-0.05, 0) is 18.6 Å². The summed E-state index contributed by atoms with van der Waals surface area (Å²) in [7, 11) is 0. The fourth-order valence-electron chi connectivity index (χ4n) is 1.04. The molecule has 0 saturated heterocycles. The number of nitrogens with two attached hydrogens (primary N) is 1. The molecule has 1 atom stereocenters. The van der Waals surface area contributed by atoms with Gasteiger partial charge in [-0.2, -0.15) is 0 Å². The van der Waals surface area contributed by atoms with Crippen molar-refractivity contribution in [3.8, 4) is 0 Å². The highest BCUT2D eigenvalue weighted by atomic mass is 35.5. The molecule has 1 unspecified atom stereocenters. The molecule has 0 aromatic heterocycles. The Bertz CT molecular complexity index is 277. The lowest BCUT2D eigenvalue weighted by molar-refractivity contribution is 0.562. The molecular weight excluding hydrogens is 216 g/mol. The van der Waals surface area contributed by atoms with Crippen molar-refractivity contribution >= 4 is 23.4 Å². The van der Waals surface area contributed by atoms with Gasteiger partial charge in [-0.3, -0.25) is 11.3 Å². The van der Waals surface area contributed by atoms with Crippen LogP contribution in [0.5, 0.6) is 0 Å². The first-order valence-electron chi connectivity index (χ1n) is 4.61. The molecule has 0 heterocycles. The second-order valence-electron chi connectivity index (χ2n) is 3.01. The van der Waals surface area contributed by atoms with E-state index < -0.39 is 0 Å². The van der Waals surface area contributed by atoms with Crippen molar-refractivity contribution in [2.45, 2.75) is 24.3 Å². The number of nitrogens with one attached hydrogen (secondary N) is 1. The van der Waals surface area contributed by atoms with Crippen LogP contribution in [0.3, 0.4) is 0 Å². The van der Waals surface area contributed by atoms with Gasteiger partial charge in [-0.15, -0.1) is 11.8 Å². The van der Waals surface area contributed by atoms with Crippen LogP contribution in [0.15, 0.2) is 29.2 Å². The molecule has 1 aromatic carbocycles. The Kier molecular flexibility index (Phi) is 5.33.